The number of hydrogen-bond donors (Lipinski definition) is 1. The molecule has 11 heteroatoms. The van der Waals surface area contributed by atoms with Crippen LogP contribution in [0.2, 0.25) is 5.02 Å². The van der Waals surface area contributed by atoms with Gasteiger partial charge in [0.2, 0.25) is 5.91 Å². The quantitative estimate of drug-likeness (QED) is 0.401. The van der Waals surface area contributed by atoms with Crippen molar-refractivity contribution in [3.8, 4) is 0 Å². The molecule has 0 saturated heterocycles. The summed E-state index contributed by atoms with van der Waals surface area (Å²) in [5.41, 5.74) is 1.08. The Morgan fingerprint density at radius 3 is 2.76 bits per heavy atom. The number of nitrogens with zero attached hydrogens (tertiary/aromatic N) is 3. The smallest absolute Gasteiger partial charge is 0.324 e. The molecule has 172 valence electrons. The third-order valence-electron chi connectivity index (χ3n) is 5.15. The molecular formula is C22H18ClF3N4O2S. The second kappa shape index (κ2) is 9.56. The fraction of sp³-hybridized carbons (Fsp3) is 0.273. The van der Waals surface area contributed by atoms with E-state index in [0.29, 0.717) is 11.6 Å². The molecule has 1 amide bonds. The summed E-state index contributed by atoms with van der Waals surface area (Å²) >= 11 is 7.02. The van der Waals surface area contributed by atoms with Gasteiger partial charge >= 0.3 is 11.9 Å². The molecular weight excluding hydrogens is 477 g/mol. The summed E-state index contributed by atoms with van der Waals surface area (Å²) in [6, 6.07) is 8.20. The SMILES string of the molecule is O=C(CSc1nc(=O)n(Cc2ccccn2)c2c1CCC2)Nc1cc(C(F)(F)F)ccc1Cl. The highest BCUT2D eigenvalue weighted by Gasteiger charge is 2.31. The number of thioether (sulfide) groups is 1. The van der Waals surface area contributed by atoms with Gasteiger partial charge in [0, 0.05) is 17.5 Å². The van der Waals surface area contributed by atoms with Crippen molar-refractivity contribution in [2.24, 2.45) is 0 Å². The van der Waals surface area contributed by atoms with Crippen LogP contribution in [0.25, 0.3) is 0 Å². The fourth-order valence-corrected chi connectivity index (χ4v) is 4.68. The maximum Gasteiger partial charge on any atom is 0.416 e. The van der Waals surface area contributed by atoms with Crippen LogP contribution >= 0.6 is 23.4 Å². The van der Waals surface area contributed by atoms with E-state index < -0.39 is 23.3 Å². The van der Waals surface area contributed by atoms with E-state index in [0.717, 1.165) is 66.2 Å². The molecule has 1 aliphatic rings. The molecule has 1 N–H and O–H groups in total. The van der Waals surface area contributed by atoms with Crippen LogP contribution in [0.1, 0.15) is 28.9 Å². The van der Waals surface area contributed by atoms with Crippen molar-refractivity contribution in [2.45, 2.75) is 37.0 Å². The molecule has 1 aromatic carbocycles. The van der Waals surface area contributed by atoms with Gasteiger partial charge in [-0.3, -0.25) is 14.3 Å². The minimum Gasteiger partial charge on any atom is -0.324 e. The van der Waals surface area contributed by atoms with Crippen LogP contribution in [-0.4, -0.2) is 26.2 Å². The molecule has 3 aromatic rings. The molecule has 1 aliphatic carbocycles. The van der Waals surface area contributed by atoms with Crippen LogP contribution in [0.5, 0.6) is 0 Å². The molecule has 4 rings (SSSR count). The zero-order chi connectivity index (χ0) is 23.6. The van der Waals surface area contributed by atoms with E-state index >= 15 is 0 Å². The van der Waals surface area contributed by atoms with E-state index in [1.165, 1.54) is 0 Å². The Hall–Kier alpha value is -2.85. The molecule has 0 spiro atoms. The molecule has 6 nitrogen and oxygen atoms in total. The normalized spacial score (nSPS) is 13.1. The zero-order valence-corrected chi connectivity index (χ0v) is 18.7. The van der Waals surface area contributed by atoms with Gasteiger partial charge in [0.15, 0.2) is 0 Å². The first-order chi connectivity index (χ1) is 15.7. The predicted octanol–water partition coefficient (Wildman–Crippen LogP) is 4.58. The number of aromatic nitrogens is 3. The second-order valence-corrected chi connectivity index (χ2v) is 8.79. The summed E-state index contributed by atoms with van der Waals surface area (Å²) in [7, 11) is 0. The van der Waals surface area contributed by atoms with Crippen LogP contribution in [0.4, 0.5) is 18.9 Å². The Bertz CT molecular complexity index is 1250. The van der Waals surface area contributed by atoms with Crippen molar-refractivity contribution in [1.82, 2.24) is 14.5 Å². The maximum absolute atomic E-state index is 12.9. The van der Waals surface area contributed by atoms with Gasteiger partial charge in [0.1, 0.15) is 5.03 Å². The Balaban J connectivity index is 1.49. The van der Waals surface area contributed by atoms with Crippen molar-refractivity contribution in [2.75, 3.05) is 11.1 Å². The minimum absolute atomic E-state index is 0.00233. The largest absolute Gasteiger partial charge is 0.416 e. The van der Waals surface area contributed by atoms with Crippen molar-refractivity contribution in [3.05, 3.63) is 80.6 Å². The first kappa shape index (κ1) is 23.3. The average Bonchev–Trinajstić information content (AvgIpc) is 3.26. The summed E-state index contributed by atoms with van der Waals surface area (Å²) in [5.74, 6) is -0.678. The number of carbonyl (C=O) groups excluding carboxylic acids is 1. The lowest BCUT2D eigenvalue weighted by Crippen LogP contribution is -2.28. The summed E-state index contributed by atoms with van der Waals surface area (Å²) in [6.45, 7) is 0.314. The molecule has 0 aliphatic heterocycles. The van der Waals surface area contributed by atoms with Gasteiger partial charge in [-0.1, -0.05) is 29.4 Å². The lowest BCUT2D eigenvalue weighted by molar-refractivity contribution is -0.137. The summed E-state index contributed by atoms with van der Waals surface area (Å²) in [6.07, 6.45) is -0.577. The van der Waals surface area contributed by atoms with Gasteiger partial charge in [-0.05, 0) is 49.6 Å². The Labute approximate surface area is 196 Å². The van der Waals surface area contributed by atoms with Crippen LogP contribution in [0, 0.1) is 0 Å². The molecule has 0 saturated carbocycles. The highest BCUT2D eigenvalue weighted by atomic mass is 35.5. The Morgan fingerprint density at radius 2 is 2.03 bits per heavy atom. The van der Waals surface area contributed by atoms with E-state index in [4.69, 9.17) is 11.6 Å². The number of halogens is 4. The number of alkyl halides is 3. The number of nitrogens with one attached hydrogen (secondary N) is 1. The van der Waals surface area contributed by atoms with Gasteiger partial charge in [-0.15, -0.1) is 0 Å². The third kappa shape index (κ3) is 5.39. The van der Waals surface area contributed by atoms with Gasteiger partial charge in [-0.25, -0.2) is 4.79 Å². The van der Waals surface area contributed by atoms with Gasteiger partial charge in [0.25, 0.3) is 0 Å². The number of rotatable bonds is 6. The number of pyridine rings is 1. The van der Waals surface area contributed by atoms with E-state index in [2.05, 4.69) is 15.3 Å². The topological polar surface area (TPSA) is 76.9 Å². The van der Waals surface area contributed by atoms with Crippen LogP contribution in [0.3, 0.4) is 0 Å². The highest BCUT2D eigenvalue weighted by molar-refractivity contribution is 8.00. The number of carbonyl (C=O) groups is 1. The second-order valence-electron chi connectivity index (χ2n) is 7.41. The lowest BCUT2D eigenvalue weighted by Gasteiger charge is -2.14. The van der Waals surface area contributed by atoms with Crippen LogP contribution in [-0.2, 0) is 30.4 Å². The zero-order valence-electron chi connectivity index (χ0n) is 17.2. The van der Waals surface area contributed by atoms with Gasteiger partial charge in [0.05, 0.1) is 34.3 Å². The molecule has 0 fully saturated rings. The Kier molecular flexibility index (Phi) is 6.76. The fourth-order valence-electron chi connectivity index (χ4n) is 3.64. The number of fused-ring (bicyclic) bond motifs is 1. The molecule has 0 unspecified atom stereocenters. The van der Waals surface area contributed by atoms with Crippen molar-refractivity contribution in [3.63, 3.8) is 0 Å². The highest BCUT2D eigenvalue weighted by Crippen LogP contribution is 2.34. The first-order valence-electron chi connectivity index (χ1n) is 10.0. The van der Waals surface area contributed by atoms with Crippen molar-refractivity contribution in [1.29, 1.82) is 0 Å². The van der Waals surface area contributed by atoms with Crippen molar-refractivity contribution < 1.29 is 18.0 Å². The minimum atomic E-state index is -4.55. The molecule has 2 aromatic heterocycles. The number of amides is 1. The third-order valence-corrected chi connectivity index (χ3v) is 6.50. The summed E-state index contributed by atoms with van der Waals surface area (Å²) < 4.78 is 40.4. The standard InChI is InChI=1S/C22H18ClF3N4O2S/c23-16-8-7-13(22(24,25)26)10-17(16)28-19(31)12-33-20-15-5-3-6-18(15)30(21(32)29-20)11-14-4-1-2-9-27-14/h1-2,4,7-10H,3,5-6,11-12H2,(H,28,31). The van der Waals surface area contributed by atoms with Crippen LogP contribution < -0.4 is 11.0 Å². The Morgan fingerprint density at radius 1 is 1.21 bits per heavy atom. The lowest BCUT2D eigenvalue weighted by atomic mass is 10.2. The summed E-state index contributed by atoms with van der Waals surface area (Å²) in [5, 5.41) is 2.87. The van der Waals surface area contributed by atoms with E-state index in [9.17, 15) is 22.8 Å². The van der Waals surface area contributed by atoms with Crippen molar-refractivity contribution >= 4 is 35.0 Å². The van der Waals surface area contributed by atoms with E-state index in [1.807, 2.05) is 12.1 Å². The first-order valence-corrected chi connectivity index (χ1v) is 11.4. The van der Waals surface area contributed by atoms with E-state index in [-0.39, 0.29) is 16.5 Å². The molecule has 2 heterocycles. The molecule has 0 atom stereocenters. The summed E-state index contributed by atoms with van der Waals surface area (Å²) in [4.78, 5) is 33.5. The maximum atomic E-state index is 12.9. The molecule has 33 heavy (non-hydrogen) atoms. The van der Waals surface area contributed by atoms with Gasteiger partial charge < -0.3 is 5.32 Å². The molecule has 0 bridgehead atoms. The number of hydrogen-bond acceptors (Lipinski definition) is 5. The molecule has 0 radical (unpaired) electrons. The predicted molar refractivity (Wildman–Crippen MR) is 120 cm³/mol. The number of benzene rings is 1. The van der Waals surface area contributed by atoms with Gasteiger partial charge in [-0.2, -0.15) is 18.2 Å². The van der Waals surface area contributed by atoms with Crippen LogP contribution in [0.15, 0.2) is 52.4 Å². The van der Waals surface area contributed by atoms with E-state index in [1.54, 1.807) is 16.8 Å². The average molecular weight is 495 g/mol. The monoisotopic (exact) mass is 494 g/mol. The number of anilines is 1.